The van der Waals surface area contributed by atoms with Gasteiger partial charge in [0.25, 0.3) is 5.91 Å². The standard InChI is InChI=1S/C18H8Cl3F3N4OS/c19-8-3-4-10(9(20)6-8)26-17(29)15-14(21)16-25-11(12-2-1-5-30-12)7-13(18(22,23)24)28(16)27-15/h1-7H,(H,26,29). The van der Waals surface area contributed by atoms with Crippen LogP contribution in [0.25, 0.3) is 16.2 Å². The van der Waals surface area contributed by atoms with Crippen LogP contribution in [0.2, 0.25) is 15.1 Å². The highest BCUT2D eigenvalue weighted by atomic mass is 35.5. The van der Waals surface area contributed by atoms with Crippen molar-refractivity contribution in [1.82, 2.24) is 14.6 Å². The Morgan fingerprint density at radius 2 is 1.90 bits per heavy atom. The van der Waals surface area contributed by atoms with Crippen LogP contribution in [0.3, 0.4) is 0 Å². The van der Waals surface area contributed by atoms with Crippen molar-refractivity contribution < 1.29 is 18.0 Å². The normalized spacial score (nSPS) is 11.8. The summed E-state index contributed by atoms with van der Waals surface area (Å²) in [7, 11) is 0. The number of nitrogens with zero attached hydrogens (tertiary/aromatic N) is 3. The second kappa shape index (κ2) is 7.73. The molecular formula is C18H8Cl3F3N4OS. The van der Waals surface area contributed by atoms with Gasteiger partial charge in [-0.15, -0.1) is 11.3 Å². The first-order valence-corrected chi connectivity index (χ1v) is 10.1. The summed E-state index contributed by atoms with van der Waals surface area (Å²) in [5.74, 6) is -0.847. The molecule has 1 aromatic carbocycles. The number of hydrogen-bond acceptors (Lipinski definition) is 4. The summed E-state index contributed by atoms with van der Waals surface area (Å²) in [6.07, 6.45) is -4.75. The van der Waals surface area contributed by atoms with Gasteiger partial charge in [-0.1, -0.05) is 40.9 Å². The first kappa shape index (κ1) is 20.9. The third-order valence-corrected chi connectivity index (χ3v) is 5.78. The number of halogens is 6. The fourth-order valence-corrected chi connectivity index (χ4v) is 4.05. The quantitative estimate of drug-likeness (QED) is 0.347. The van der Waals surface area contributed by atoms with Crippen molar-refractivity contribution in [2.24, 2.45) is 0 Å². The molecule has 0 atom stereocenters. The Morgan fingerprint density at radius 3 is 2.53 bits per heavy atom. The Morgan fingerprint density at radius 1 is 1.13 bits per heavy atom. The molecule has 0 saturated carbocycles. The molecule has 0 aliphatic rings. The summed E-state index contributed by atoms with van der Waals surface area (Å²) < 4.78 is 41.5. The van der Waals surface area contributed by atoms with Crippen molar-refractivity contribution >= 4 is 63.4 Å². The van der Waals surface area contributed by atoms with Crippen molar-refractivity contribution in [3.8, 4) is 10.6 Å². The molecule has 0 aliphatic heterocycles. The third-order valence-electron chi connectivity index (χ3n) is 3.99. The average molecular weight is 492 g/mol. The fourth-order valence-electron chi connectivity index (χ4n) is 2.66. The number of benzene rings is 1. The van der Waals surface area contributed by atoms with Crippen molar-refractivity contribution in [2.45, 2.75) is 6.18 Å². The molecule has 3 heterocycles. The van der Waals surface area contributed by atoms with Gasteiger partial charge in [-0.2, -0.15) is 18.3 Å². The second-order valence-electron chi connectivity index (χ2n) is 5.98. The van der Waals surface area contributed by atoms with Gasteiger partial charge in [0.2, 0.25) is 0 Å². The highest BCUT2D eigenvalue weighted by Gasteiger charge is 2.37. The molecule has 0 radical (unpaired) electrons. The Hall–Kier alpha value is -2.33. The van der Waals surface area contributed by atoms with E-state index in [1.54, 1.807) is 17.5 Å². The number of rotatable bonds is 3. The first-order valence-electron chi connectivity index (χ1n) is 8.12. The Kier molecular flexibility index (Phi) is 5.39. The predicted octanol–water partition coefficient (Wildman–Crippen LogP) is 6.69. The van der Waals surface area contributed by atoms with E-state index in [4.69, 9.17) is 34.8 Å². The molecule has 1 N–H and O–H groups in total. The van der Waals surface area contributed by atoms with Crippen LogP contribution in [-0.2, 0) is 6.18 Å². The van der Waals surface area contributed by atoms with E-state index in [2.05, 4.69) is 15.4 Å². The van der Waals surface area contributed by atoms with Gasteiger partial charge in [0.05, 0.1) is 21.3 Å². The Balaban J connectivity index is 1.84. The number of anilines is 1. The molecular weight excluding hydrogens is 484 g/mol. The van der Waals surface area contributed by atoms with E-state index in [1.807, 2.05) is 0 Å². The number of aromatic nitrogens is 3. The molecule has 0 fully saturated rings. The number of carbonyl (C=O) groups excluding carboxylic acids is 1. The van der Waals surface area contributed by atoms with Crippen LogP contribution < -0.4 is 5.32 Å². The van der Waals surface area contributed by atoms with Crippen LogP contribution in [0.5, 0.6) is 0 Å². The molecule has 154 valence electrons. The molecule has 12 heteroatoms. The largest absolute Gasteiger partial charge is 0.433 e. The zero-order valence-electron chi connectivity index (χ0n) is 14.5. The van der Waals surface area contributed by atoms with Crippen molar-refractivity contribution in [3.63, 3.8) is 0 Å². The van der Waals surface area contributed by atoms with E-state index in [1.165, 1.54) is 29.5 Å². The van der Waals surface area contributed by atoms with Crippen LogP contribution in [0.15, 0.2) is 41.8 Å². The minimum atomic E-state index is -4.75. The number of hydrogen-bond donors (Lipinski definition) is 1. The topological polar surface area (TPSA) is 59.3 Å². The van der Waals surface area contributed by atoms with E-state index < -0.39 is 23.5 Å². The van der Waals surface area contributed by atoms with Gasteiger partial charge in [-0.3, -0.25) is 4.79 Å². The molecule has 0 spiro atoms. The van der Waals surface area contributed by atoms with Gasteiger partial charge in [0.1, 0.15) is 5.02 Å². The number of fused-ring (bicyclic) bond motifs is 1. The van der Waals surface area contributed by atoms with Crippen molar-refractivity contribution in [3.05, 3.63) is 68.2 Å². The molecule has 0 aliphatic carbocycles. The number of thiophene rings is 1. The van der Waals surface area contributed by atoms with Crippen LogP contribution >= 0.6 is 46.1 Å². The van der Waals surface area contributed by atoms with E-state index in [9.17, 15) is 18.0 Å². The van der Waals surface area contributed by atoms with E-state index >= 15 is 0 Å². The molecule has 0 unspecified atom stereocenters. The monoisotopic (exact) mass is 490 g/mol. The first-order chi connectivity index (χ1) is 14.1. The predicted molar refractivity (Wildman–Crippen MR) is 111 cm³/mol. The molecule has 3 aromatic heterocycles. The van der Waals surface area contributed by atoms with Gasteiger partial charge in [-0.25, -0.2) is 9.50 Å². The molecule has 4 rings (SSSR count). The van der Waals surface area contributed by atoms with Gasteiger partial charge in [0.15, 0.2) is 17.0 Å². The highest BCUT2D eigenvalue weighted by Crippen LogP contribution is 2.36. The number of nitrogens with one attached hydrogen (secondary N) is 1. The lowest BCUT2D eigenvalue weighted by molar-refractivity contribution is -0.142. The third kappa shape index (κ3) is 3.85. The molecule has 4 aromatic rings. The highest BCUT2D eigenvalue weighted by molar-refractivity contribution is 7.13. The van der Waals surface area contributed by atoms with Gasteiger partial charge in [0, 0.05) is 5.02 Å². The van der Waals surface area contributed by atoms with Gasteiger partial charge >= 0.3 is 6.18 Å². The lowest BCUT2D eigenvalue weighted by Gasteiger charge is -2.10. The van der Waals surface area contributed by atoms with Crippen LogP contribution in [-0.4, -0.2) is 20.5 Å². The second-order valence-corrected chi connectivity index (χ2v) is 8.15. The lowest BCUT2D eigenvalue weighted by Crippen LogP contribution is -2.16. The molecule has 30 heavy (non-hydrogen) atoms. The zero-order chi connectivity index (χ0) is 21.6. The molecule has 0 bridgehead atoms. The number of alkyl halides is 3. The molecule has 0 saturated heterocycles. The minimum Gasteiger partial charge on any atom is -0.319 e. The fraction of sp³-hybridized carbons (Fsp3) is 0.0556. The summed E-state index contributed by atoms with van der Waals surface area (Å²) in [6.45, 7) is 0. The van der Waals surface area contributed by atoms with Crippen molar-refractivity contribution in [1.29, 1.82) is 0 Å². The maximum atomic E-state index is 13.7. The lowest BCUT2D eigenvalue weighted by atomic mass is 10.2. The van der Waals surface area contributed by atoms with Crippen LogP contribution in [0.4, 0.5) is 18.9 Å². The summed E-state index contributed by atoms with van der Waals surface area (Å²) in [5.41, 5.74) is -1.56. The molecule has 5 nitrogen and oxygen atoms in total. The minimum absolute atomic E-state index is 0.0688. The Labute approximate surface area is 186 Å². The maximum absolute atomic E-state index is 13.7. The average Bonchev–Trinajstić information content (AvgIpc) is 3.31. The summed E-state index contributed by atoms with van der Waals surface area (Å²) in [4.78, 5) is 17.3. The smallest absolute Gasteiger partial charge is 0.319 e. The van der Waals surface area contributed by atoms with E-state index in [0.717, 1.165) is 6.07 Å². The SMILES string of the molecule is O=C(Nc1ccc(Cl)cc1Cl)c1nn2c(C(F)(F)F)cc(-c3cccs3)nc2c1Cl. The van der Waals surface area contributed by atoms with Crippen LogP contribution in [0.1, 0.15) is 16.2 Å². The van der Waals surface area contributed by atoms with Crippen molar-refractivity contribution in [2.75, 3.05) is 5.32 Å². The number of amides is 1. The van der Waals surface area contributed by atoms with E-state index in [0.29, 0.717) is 14.4 Å². The molecule has 1 amide bonds. The number of carbonyl (C=O) groups is 1. The summed E-state index contributed by atoms with van der Waals surface area (Å²) in [5, 5.41) is 8.11. The maximum Gasteiger partial charge on any atom is 0.433 e. The zero-order valence-corrected chi connectivity index (χ0v) is 17.6. The summed E-state index contributed by atoms with van der Waals surface area (Å²) >= 11 is 19.3. The van der Waals surface area contributed by atoms with E-state index in [-0.39, 0.29) is 27.1 Å². The van der Waals surface area contributed by atoms with Crippen LogP contribution in [0, 0.1) is 0 Å². The summed E-state index contributed by atoms with van der Waals surface area (Å²) in [6, 6.07) is 8.52. The van der Waals surface area contributed by atoms with Gasteiger partial charge in [-0.05, 0) is 35.7 Å². The van der Waals surface area contributed by atoms with Gasteiger partial charge < -0.3 is 5.32 Å². The Bertz CT molecular complexity index is 1270.